The van der Waals surface area contributed by atoms with Crippen LogP contribution in [0.15, 0.2) is 55.0 Å². The number of amides is 1. The van der Waals surface area contributed by atoms with Crippen LogP contribution in [0.5, 0.6) is 0 Å². The van der Waals surface area contributed by atoms with Gasteiger partial charge < -0.3 is 5.32 Å². The highest BCUT2D eigenvalue weighted by molar-refractivity contribution is 6.06. The zero-order valence-corrected chi connectivity index (χ0v) is 21.0. The molecule has 1 amide bonds. The number of nitrogens with one attached hydrogen (secondary N) is 1. The van der Waals surface area contributed by atoms with Crippen molar-refractivity contribution in [1.82, 2.24) is 34.6 Å². The SMILES string of the molecule is Cc1nn(C(C)(C)C)c2nc(C3CC3)cc(C(=O)NCc3ccc(-n4cnc5ccccc54)nc3)c12. The number of rotatable bonds is 5. The lowest BCUT2D eigenvalue weighted by Crippen LogP contribution is -2.25. The van der Waals surface area contributed by atoms with Crippen LogP contribution in [-0.4, -0.2) is 35.2 Å². The molecule has 0 unspecified atom stereocenters. The summed E-state index contributed by atoms with van der Waals surface area (Å²) in [5.74, 6) is 1.10. The van der Waals surface area contributed by atoms with Gasteiger partial charge in [0.25, 0.3) is 5.91 Å². The molecule has 5 aromatic rings. The maximum atomic E-state index is 13.4. The fraction of sp³-hybridized carbons (Fsp3) is 0.321. The molecular formula is C28H29N7O. The molecule has 1 fully saturated rings. The van der Waals surface area contributed by atoms with Crippen LogP contribution < -0.4 is 5.32 Å². The summed E-state index contributed by atoms with van der Waals surface area (Å²) in [7, 11) is 0. The summed E-state index contributed by atoms with van der Waals surface area (Å²) >= 11 is 0. The summed E-state index contributed by atoms with van der Waals surface area (Å²) in [5, 5.41) is 8.67. The molecule has 1 aromatic carbocycles. The van der Waals surface area contributed by atoms with Gasteiger partial charge in [0.15, 0.2) is 5.65 Å². The Labute approximate surface area is 209 Å². The standard InChI is InChI=1S/C28H29N7O/c1-17-25-20(13-22(19-10-11-19)32-26(25)35(33-17)28(2,3)4)27(36)30-15-18-9-12-24(29-14-18)34-16-31-21-7-5-6-8-23(21)34/h5-9,12-14,16,19H,10-11,15H2,1-4H3,(H,30,36). The number of aromatic nitrogens is 6. The second-order valence-corrected chi connectivity index (χ2v) is 10.5. The lowest BCUT2D eigenvalue weighted by molar-refractivity contribution is 0.0952. The number of hydrogen-bond donors (Lipinski definition) is 1. The lowest BCUT2D eigenvalue weighted by Gasteiger charge is -2.20. The minimum absolute atomic E-state index is 0.120. The van der Waals surface area contributed by atoms with Crippen LogP contribution >= 0.6 is 0 Å². The molecule has 36 heavy (non-hydrogen) atoms. The van der Waals surface area contributed by atoms with Crippen LogP contribution in [0.3, 0.4) is 0 Å². The molecule has 182 valence electrons. The van der Waals surface area contributed by atoms with E-state index in [2.05, 4.69) is 36.1 Å². The van der Waals surface area contributed by atoms with Gasteiger partial charge >= 0.3 is 0 Å². The normalized spacial score (nSPS) is 14.0. The summed E-state index contributed by atoms with van der Waals surface area (Å²) in [5.41, 5.74) is 5.85. The number of carbonyl (C=O) groups is 1. The third kappa shape index (κ3) is 3.92. The maximum Gasteiger partial charge on any atom is 0.252 e. The Morgan fingerprint density at radius 3 is 2.64 bits per heavy atom. The molecule has 0 atom stereocenters. The molecule has 8 heteroatoms. The van der Waals surface area contributed by atoms with E-state index in [0.29, 0.717) is 18.0 Å². The van der Waals surface area contributed by atoms with Crippen LogP contribution in [-0.2, 0) is 12.1 Å². The van der Waals surface area contributed by atoms with E-state index in [1.807, 2.05) is 58.6 Å². The van der Waals surface area contributed by atoms with E-state index in [0.717, 1.165) is 57.7 Å². The number of benzene rings is 1. The van der Waals surface area contributed by atoms with Gasteiger partial charge in [-0.05, 0) is 70.4 Å². The van der Waals surface area contributed by atoms with Crippen molar-refractivity contribution in [1.29, 1.82) is 0 Å². The molecule has 1 aliphatic carbocycles. The molecule has 6 rings (SSSR count). The Morgan fingerprint density at radius 1 is 1.11 bits per heavy atom. The van der Waals surface area contributed by atoms with Crippen LogP contribution in [0.4, 0.5) is 0 Å². The molecule has 0 spiro atoms. The van der Waals surface area contributed by atoms with Gasteiger partial charge in [0, 0.05) is 24.4 Å². The van der Waals surface area contributed by atoms with E-state index in [4.69, 9.17) is 10.1 Å². The highest BCUT2D eigenvalue weighted by atomic mass is 16.1. The first kappa shape index (κ1) is 22.4. The molecule has 4 aromatic heterocycles. The van der Waals surface area contributed by atoms with Gasteiger partial charge in [-0.15, -0.1) is 0 Å². The van der Waals surface area contributed by atoms with Gasteiger partial charge in [0.05, 0.1) is 33.2 Å². The van der Waals surface area contributed by atoms with Crippen molar-refractivity contribution in [3.8, 4) is 5.82 Å². The van der Waals surface area contributed by atoms with Crippen molar-refractivity contribution in [3.63, 3.8) is 0 Å². The fourth-order valence-corrected chi connectivity index (χ4v) is 4.63. The van der Waals surface area contributed by atoms with E-state index in [1.165, 1.54) is 0 Å². The summed E-state index contributed by atoms with van der Waals surface area (Å²) < 4.78 is 3.91. The number of pyridine rings is 2. The largest absolute Gasteiger partial charge is 0.348 e. The van der Waals surface area contributed by atoms with Crippen LogP contribution in [0.2, 0.25) is 0 Å². The van der Waals surface area contributed by atoms with Gasteiger partial charge in [-0.2, -0.15) is 5.10 Å². The van der Waals surface area contributed by atoms with Crippen molar-refractivity contribution in [2.24, 2.45) is 0 Å². The van der Waals surface area contributed by atoms with Crippen molar-refractivity contribution in [2.45, 2.75) is 58.5 Å². The second kappa shape index (κ2) is 8.26. The smallest absolute Gasteiger partial charge is 0.252 e. The molecule has 0 saturated heterocycles. The second-order valence-electron chi connectivity index (χ2n) is 10.5. The minimum atomic E-state index is -0.233. The van der Waals surface area contributed by atoms with E-state index in [9.17, 15) is 4.79 Å². The first-order chi connectivity index (χ1) is 17.3. The predicted molar refractivity (Wildman–Crippen MR) is 139 cm³/mol. The van der Waals surface area contributed by atoms with Crippen molar-refractivity contribution < 1.29 is 4.79 Å². The molecule has 1 N–H and O–H groups in total. The third-order valence-electron chi connectivity index (χ3n) is 6.67. The Bertz CT molecular complexity index is 1600. The van der Waals surface area contributed by atoms with Crippen LogP contribution in [0, 0.1) is 6.92 Å². The zero-order valence-electron chi connectivity index (χ0n) is 21.0. The number of para-hydroxylation sites is 2. The van der Waals surface area contributed by atoms with Crippen molar-refractivity contribution >= 4 is 28.0 Å². The summed E-state index contributed by atoms with van der Waals surface area (Å²) in [6.45, 7) is 8.64. The lowest BCUT2D eigenvalue weighted by atomic mass is 10.1. The number of aryl methyl sites for hydroxylation is 1. The van der Waals surface area contributed by atoms with Gasteiger partial charge in [-0.1, -0.05) is 18.2 Å². The average molecular weight is 480 g/mol. The van der Waals surface area contributed by atoms with E-state index >= 15 is 0 Å². The Hall–Kier alpha value is -4.07. The van der Waals surface area contributed by atoms with Gasteiger partial charge in [-0.25, -0.2) is 19.6 Å². The number of imidazole rings is 1. The molecule has 0 aliphatic heterocycles. The third-order valence-corrected chi connectivity index (χ3v) is 6.67. The van der Waals surface area contributed by atoms with Crippen molar-refractivity contribution in [2.75, 3.05) is 0 Å². The predicted octanol–water partition coefficient (Wildman–Crippen LogP) is 5.04. The van der Waals surface area contributed by atoms with Crippen LogP contribution in [0.25, 0.3) is 27.9 Å². The van der Waals surface area contributed by atoms with Crippen LogP contribution in [0.1, 0.15) is 66.8 Å². The molecule has 0 radical (unpaired) electrons. The molecule has 8 nitrogen and oxygen atoms in total. The topological polar surface area (TPSA) is 90.5 Å². The molecule has 0 bridgehead atoms. The Morgan fingerprint density at radius 2 is 1.92 bits per heavy atom. The number of carbonyl (C=O) groups excluding carboxylic acids is 1. The van der Waals surface area contributed by atoms with Gasteiger partial charge in [0.1, 0.15) is 12.1 Å². The van der Waals surface area contributed by atoms with E-state index in [-0.39, 0.29) is 11.4 Å². The number of fused-ring (bicyclic) bond motifs is 2. The highest BCUT2D eigenvalue weighted by Gasteiger charge is 2.30. The highest BCUT2D eigenvalue weighted by Crippen LogP contribution is 2.41. The van der Waals surface area contributed by atoms with Crippen molar-refractivity contribution in [3.05, 3.63) is 77.5 Å². The average Bonchev–Trinajstić information content (AvgIpc) is 3.54. The first-order valence-electron chi connectivity index (χ1n) is 12.4. The fourth-order valence-electron chi connectivity index (χ4n) is 4.63. The molecule has 4 heterocycles. The van der Waals surface area contributed by atoms with E-state index in [1.54, 1.807) is 12.5 Å². The Balaban J connectivity index is 1.27. The Kier molecular flexibility index (Phi) is 5.14. The van der Waals surface area contributed by atoms with Gasteiger partial charge in [-0.3, -0.25) is 9.36 Å². The zero-order chi connectivity index (χ0) is 25.0. The molecule has 1 saturated carbocycles. The molecular weight excluding hydrogens is 450 g/mol. The summed E-state index contributed by atoms with van der Waals surface area (Å²) in [6.07, 6.45) is 5.81. The van der Waals surface area contributed by atoms with Gasteiger partial charge in [0.2, 0.25) is 0 Å². The minimum Gasteiger partial charge on any atom is -0.348 e. The quantitative estimate of drug-likeness (QED) is 0.382. The molecule has 1 aliphatic rings. The monoisotopic (exact) mass is 479 g/mol. The maximum absolute atomic E-state index is 13.4. The number of nitrogens with zero attached hydrogens (tertiary/aromatic N) is 6. The summed E-state index contributed by atoms with van der Waals surface area (Å²) in [4.78, 5) is 27.4. The first-order valence-corrected chi connectivity index (χ1v) is 12.4. The number of hydrogen-bond acceptors (Lipinski definition) is 5. The summed E-state index contributed by atoms with van der Waals surface area (Å²) in [6, 6.07) is 13.9. The van der Waals surface area contributed by atoms with E-state index < -0.39 is 0 Å².